The molecule has 0 aliphatic carbocycles. The van der Waals surface area contributed by atoms with Crippen LogP contribution >= 0.6 is 0 Å². The number of para-hydroxylation sites is 1. The molecule has 0 spiro atoms. The average molecular weight is 494 g/mol. The third-order valence-corrected chi connectivity index (χ3v) is 7.03. The molecule has 1 aliphatic heterocycles. The number of benzene rings is 3. The number of hydrogen-bond donors (Lipinski definition) is 3. The number of carbonyl (C=O) groups excluding carboxylic acids is 1. The first-order chi connectivity index (χ1) is 18.1. The highest BCUT2D eigenvalue weighted by Gasteiger charge is 2.19. The summed E-state index contributed by atoms with van der Waals surface area (Å²) < 4.78 is 0. The summed E-state index contributed by atoms with van der Waals surface area (Å²) >= 11 is 0. The summed E-state index contributed by atoms with van der Waals surface area (Å²) in [4.78, 5) is 19.6. The molecule has 1 saturated heterocycles. The molecule has 37 heavy (non-hydrogen) atoms. The number of nitrogens with zero attached hydrogens (tertiary/aromatic N) is 2. The molecule has 1 fully saturated rings. The number of hydrogen-bond acceptors (Lipinski definition) is 4. The third kappa shape index (κ3) is 6.86. The van der Waals surface area contributed by atoms with E-state index in [0.717, 1.165) is 59.2 Å². The summed E-state index contributed by atoms with van der Waals surface area (Å²) in [5.41, 5.74) is 6.00. The second-order valence-corrected chi connectivity index (χ2v) is 9.89. The molecule has 6 heteroatoms. The highest BCUT2D eigenvalue weighted by molar-refractivity contribution is 5.94. The number of aryl methyl sites for hydroxylation is 1. The van der Waals surface area contributed by atoms with Gasteiger partial charge >= 0.3 is 6.03 Å². The first-order valence-corrected chi connectivity index (χ1v) is 13.2. The lowest BCUT2D eigenvalue weighted by atomic mass is 9.90. The Balaban J connectivity index is 1.07. The number of aromatic nitrogens is 1. The Morgan fingerprint density at radius 3 is 2.51 bits per heavy atom. The Kier molecular flexibility index (Phi) is 7.96. The van der Waals surface area contributed by atoms with Gasteiger partial charge in [-0.1, -0.05) is 54.6 Å². The summed E-state index contributed by atoms with van der Waals surface area (Å²) in [6.45, 7) is 5.69. The highest BCUT2D eigenvalue weighted by atomic mass is 16.2. The zero-order valence-electron chi connectivity index (χ0n) is 21.4. The maximum atomic E-state index is 12.5. The minimum absolute atomic E-state index is 0.179. The van der Waals surface area contributed by atoms with Crippen LogP contribution in [0.5, 0.6) is 0 Å². The maximum Gasteiger partial charge on any atom is 0.319 e. The Morgan fingerprint density at radius 2 is 1.68 bits per heavy atom. The van der Waals surface area contributed by atoms with Gasteiger partial charge in [0.15, 0.2) is 0 Å². The Morgan fingerprint density at radius 1 is 0.919 bits per heavy atom. The van der Waals surface area contributed by atoms with Crippen LogP contribution in [0.15, 0.2) is 84.9 Å². The largest absolute Gasteiger partial charge is 0.355 e. The fourth-order valence-electron chi connectivity index (χ4n) is 5.11. The van der Waals surface area contributed by atoms with E-state index in [1.807, 2.05) is 55.5 Å². The van der Waals surface area contributed by atoms with Gasteiger partial charge in [-0.15, -0.1) is 0 Å². The number of fused-ring (bicyclic) bond motifs is 1. The maximum absolute atomic E-state index is 12.5. The van der Waals surface area contributed by atoms with Crippen LogP contribution in [-0.4, -0.2) is 42.1 Å². The van der Waals surface area contributed by atoms with Crippen LogP contribution in [0.1, 0.15) is 24.1 Å². The van der Waals surface area contributed by atoms with Crippen LogP contribution in [0, 0.1) is 12.8 Å². The van der Waals surface area contributed by atoms with Crippen molar-refractivity contribution in [2.75, 3.05) is 36.8 Å². The normalized spacial score (nSPS) is 14.4. The van der Waals surface area contributed by atoms with Gasteiger partial charge in [0.25, 0.3) is 0 Å². The zero-order valence-corrected chi connectivity index (χ0v) is 21.4. The minimum atomic E-state index is -0.179. The van der Waals surface area contributed by atoms with Crippen molar-refractivity contribution in [3.05, 3.63) is 96.2 Å². The van der Waals surface area contributed by atoms with Gasteiger partial charge in [0, 0.05) is 41.2 Å². The van der Waals surface area contributed by atoms with Gasteiger partial charge in [0.05, 0.1) is 5.52 Å². The van der Waals surface area contributed by atoms with Crippen molar-refractivity contribution < 1.29 is 4.79 Å². The van der Waals surface area contributed by atoms with E-state index in [4.69, 9.17) is 0 Å². The van der Waals surface area contributed by atoms with Crippen LogP contribution in [0.4, 0.5) is 21.9 Å². The fourth-order valence-corrected chi connectivity index (χ4v) is 5.11. The second kappa shape index (κ2) is 11.9. The topological polar surface area (TPSA) is 69.3 Å². The van der Waals surface area contributed by atoms with E-state index < -0.39 is 0 Å². The summed E-state index contributed by atoms with van der Waals surface area (Å²) in [6, 6.07) is 28.5. The number of likely N-dealkylation sites (tertiary alicyclic amines) is 1. The Bertz CT molecular complexity index is 1330. The molecular formula is C31H35N5O. The predicted molar refractivity (Wildman–Crippen MR) is 153 cm³/mol. The van der Waals surface area contributed by atoms with Crippen LogP contribution in [0.3, 0.4) is 0 Å². The van der Waals surface area contributed by atoms with Gasteiger partial charge in [-0.25, -0.2) is 4.79 Å². The molecule has 5 rings (SSSR count). The third-order valence-electron chi connectivity index (χ3n) is 7.03. The van der Waals surface area contributed by atoms with Crippen molar-refractivity contribution in [3.63, 3.8) is 0 Å². The molecule has 2 amide bonds. The number of amides is 2. The molecule has 4 aromatic rings. The van der Waals surface area contributed by atoms with Crippen molar-refractivity contribution in [1.29, 1.82) is 0 Å². The number of anilines is 3. The van der Waals surface area contributed by atoms with Gasteiger partial charge in [-0.3, -0.25) is 4.98 Å². The van der Waals surface area contributed by atoms with Crippen molar-refractivity contribution in [2.24, 2.45) is 5.92 Å². The molecular weight excluding hydrogens is 458 g/mol. The molecule has 1 aliphatic rings. The van der Waals surface area contributed by atoms with Gasteiger partial charge in [0.1, 0.15) is 0 Å². The van der Waals surface area contributed by atoms with E-state index in [2.05, 4.69) is 62.2 Å². The first kappa shape index (κ1) is 24.8. The minimum Gasteiger partial charge on any atom is -0.355 e. The molecule has 1 aromatic heterocycles. The number of urea groups is 1. The smallest absolute Gasteiger partial charge is 0.319 e. The second-order valence-electron chi connectivity index (χ2n) is 9.89. The molecule has 0 unspecified atom stereocenters. The zero-order chi connectivity index (χ0) is 25.5. The van der Waals surface area contributed by atoms with Gasteiger partial charge in [0.2, 0.25) is 0 Å². The van der Waals surface area contributed by atoms with E-state index in [9.17, 15) is 4.79 Å². The lowest BCUT2D eigenvalue weighted by molar-refractivity contribution is 0.184. The number of carbonyl (C=O) groups is 1. The highest BCUT2D eigenvalue weighted by Crippen LogP contribution is 2.27. The molecule has 0 radical (unpaired) electrons. The van der Waals surface area contributed by atoms with Gasteiger partial charge in [-0.2, -0.15) is 0 Å². The van der Waals surface area contributed by atoms with Crippen molar-refractivity contribution in [2.45, 2.75) is 26.2 Å². The summed E-state index contributed by atoms with van der Waals surface area (Å²) in [5, 5.41) is 10.5. The van der Waals surface area contributed by atoms with E-state index in [1.54, 1.807) is 0 Å². The molecule has 0 atom stereocenters. The fraction of sp³-hybridized carbons (Fsp3) is 0.290. The molecule has 0 saturated carbocycles. The van der Waals surface area contributed by atoms with E-state index in [-0.39, 0.29) is 6.03 Å². The Labute approximate surface area is 219 Å². The quantitative estimate of drug-likeness (QED) is 0.267. The summed E-state index contributed by atoms with van der Waals surface area (Å²) in [7, 11) is 0. The van der Waals surface area contributed by atoms with E-state index in [0.29, 0.717) is 6.54 Å². The lowest BCUT2D eigenvalue weighted by Gasteiger charge is -2.32. The van der Waals surface area contributed by atoms with E-state index in [1.165, 1.54) is 24.8 Å². The van der Waals surface area contributed by atoms with Crippen molar-refractivity contribution in [1.82, 2.24) is 15.2 Å². The molecule has 190 valence electrons. The van der Waals surface area contributed by atoms with Crippen LogP contribution in [-0.2, 0) is 6.42 Å². The number of rotatable bonds is 8. The monoisotopic (exact) mass is 493 g/mol. The number of pyridine rings is 1. The molecule has 2 heterocycles. The van der Waals surface area contributed by atoms with Crippen LogP contribution in [0.25, 0.3) is 10.9 Å². The predicted octanol–water partition coefficient (Wildman–Crippen LogP) is 6.36. The summed E-state index contributed by atoms with van der Waals surface area (Å²) in [5.74, 6) is 0.754. The standard InChI is InChI=1S/C31H35N5O/c1-23-20-30(28-12-5-6-13-29(28)33-23)34-26-10-7-11-27(22-26)35-31(37)32-16-19-36-17-14-25(15-18-36)21-24-8-3-2-4-9-24/h2-13,20,22,25H,14-19,21H2,1H3,(H,33,34)(H2,32,35,37). The summed E-state index contributed by atoms with van der Waals surface area (Å²) in [6.07, 6.45) is 3.60. The van der Waals surface area contributed by atoms with Gasteiger partial charge in [-0.05, 0) is 81.1 Å². The SMILES string of the molecule is Cc1cc(Nc2cccc(NC(=O)NCCN3CCC(Cc4ccccc4)CC3)c2)c2ccccc2n1. The number of piperidine rings is 1. The lowest BCUT2D eigenvalue weighted by Crippen LogP contribution is -2.40. The number of nitrogens with one attached hydrogen (secondary N) is 3. The molecule has 3 aromatic carbocycles. The van der Waals surface area contributed by atoms with E-state index >= 15 is 0 Å². The van der Waals surface area contributed by atoms with Crippen molar-refractivity contribution in [3.8, 4) is 0 Å². The molecule has 6 nitrogen and oxygen atoms in total. The molecule has 3 N–H and O–H groups in total. The molecule has 0 bridgehead atoms. The van der Waals surface area contributed by atoms with Gasteiger partial charge < -0.3 is 20.9 Å². The Hall–Kier alpha value is -3.90. The van der Waals surface area contributed by atoms with Crippen molar-refractivity contribution >= 4 is 34.0 Å². The van der Waals surface area contributed by atoms with Crippen LogP contribution in [0.2, 0.25) is 0 Å². The van der Waals surface area contributed by atoms with Crippen LogP contribution < -0.4 is 16.0 Å². The first-order valence-electron chi connectivity index (χ1n) is 13.2. The average Bonchev–Trinajstić information content (AvgIpc) is 2.90.